The Kier molecular flexibility index (Phi) is 20.9. The number of carboxylic acids is 5. The number of nitrogen functional groups attached to an aromatic ring is 1. The van der Waals surface area contributed by atoms with E-state index >= 15 is 0 Å². The number of rotatable bonds is 2. The first-order valence-electron chi connectivity index (χ1n) is 10.4. The molecule has 2 aromatic rings. The van der Waals surface area contributed by atoms with Gasteiger partial charge in [0, 0.05) is 34.6 Å². The van der Waals surface area contributed by atoms with Gasteiger partial charge in [-0.3, -0.25) is 28.5 Å². The number of aromatic nitrogens is 4. The van der Waals surface area contributed by atoms with Crippen LogP contribution in [0.3, 0.4) is 0 Å². The zero-order valence-electron chi connectivity index (χ0n) is 21.9. The van der Waals surface area contributed by atoms with Crippen molar-refractivity contribution in [1.29, 1.82) is 0 Å². The molecular formula is C20H32ClN5O14. The number of anilines is 1. The molecule has 3 rings (SSSR count). The number of aliphatic carboxylic acids is 5. The summed E-state index contributed by atoms with van der Waals surface area (Å²) in [7, 11) is 0. The number of carbonyl (C=O) groups is 5. The SMILES string of the molecule is CC(=O)O.CC(=O)O.CC(=O)O.CC(=O)O.CC(=O)O.Nc1nc(Cl)nc2c1ncn2[C@@H]1O[C@H](CO)[C@@H](O)[C@H]1O. The first kappa shape index (κ1) is 40.3. The molecule has 4 atom stereocenters. The molecule has 1 aliphatic rings. The lowest BCUT2D eigenvalue weighted by atomic mass is 10.1. The summed E-state index contributed by atoms with van der Waals surface area (Å²) in [5.41, 5.74) is 6.27. The Morgan fingerprint density at radius 1 is 0.850 bits per heavy atom. The molecule has 0 aliphatic carbocycles. The molecule has 1 aliphatic heterocycles. The van der Waals surface area contributed by atoms with Gasteiger partial charge in [0.15, 0.2) is 17.7 Å². The normalized spacial score (nSPS) is 18.2. The number of aliphatic hydroxyl groups excluding tert-OH is 3. The summed E-state index contributed by atoms with van der Waals surface area (Å²) in [4.78, 5) is 56.8. The third kappa shape index (κ3) is 19.9. The lowest BCUT2D eigenvalue weighted by molar-refractivity contribution is -0.135. The van der Waals surface area contributed by atoms with Gasteiger partial charge in [-0.2, -0.15) is 9.97 Å². The Morgan fingerprint density at radius 2 is 1.23 bits per heavy atom. The van der Waals surface area contributed by atoms with Crippen LogP contribution in [0, 0.1) is 0 Å². The van der Waals surface area contributed by atoms with Crippen LogP contribution in [0.2, 0.25) is 5.28 Å². The number of ether oxygens (including phenoxy) is 1. The van der Waals surface area contributed by atoms with E-state index in [4.69, 9.17) is 76.7 Å². The minimum absolute atomic E-state index is 0.0662. The van der Waals surface area contributed by atoms with Crippen LogP contribution >= 0.6 is 11.6 Å². The number of nitrogens with two attached hydrogens (primary N) is 1. The van der Waals surface area contributed by atoms with Crippen LogP contribution in [0.5, 0.6) is 0 Å². The minimum Gasteiger partial charge on any atom is -0.481 e. The van der Waals surface area contributed by atoms with Gasteiger partial charge < -0.3 is 51.3 Å². The molecule has 20 heteroatoms. The molecular weight excluding hydrogens is 570 g/mol. The summed E-state index contributed by atoms with van der Waals surface area (Å²) >= 11 is 5.74. The van der Waals surface area contributed by atoms with Gasteiger partial charge >= 0.3 is 0 Å². The van der Waals surface area contributed by atoms with E-state index in [0.717, 1.165) is 34.6 Å². The highest BCUT2D eigenvalue weighted by Crippen LogP contribution is 2.32. The molecule has 0 spiro atoms. The molecule has 3 heterocycles. The van der Waals surface area contributed by atoms with Crippen LogP contribution in [-0.4, -0.2) is 115 Å². The van der Waals surface area contributed by atoms with Crippen molar-refractivity contribution >= 4 is 58.4 Å². The lowest BCUT2D eigenvalue weighted by Gasteiger charge is -2.16. The molecule has 1 fully saturated rings. The van der Waals surface area contributed by atoms with Crippen molar-refractivity contribution in [2.45, 2.75) is 59.2 Å². The highest BCUT2D eigenvalue weighted by Gasteiger charge is 2.44. The maximum atomic E-state index is 9.99. The summed E-state index contributed by atoms with van der Waals surface area (Å²) in [6.45, 7) is 5.00. The molecule has 40 heavy (non-hydrogen) atoms. The average Bonchev–Trinajstić information content (AvgIpc) is 3.27. The second-order valence-corrected chi connectivity index (χ2v) is 7.36. The zero-order valence-corrected chi connectivity index (χ0v) is 22.6. The van der Waals surface area contributed by atoms with Crippen molar-refractivity contribution in [2.75, 3.05) is 12.3 Å². The van der Waals surface area contributed by atoms with Gasteiger partial charge in [-0.1, -0.05) is 0 Å². The van der Waals surface area contributed by atoms with Gasteiger partial charge in [-0.05, 0) is 11.6 Å². The highest BCUT2D eigenvalue weighted by atomic mass is 35.5. The fourth-order valence-corrected chi connectivity index (χ4v) is 2.38. The number of aliphatic hydroxyl groups is 3. The summed E-state index contributed by atoms with van der Waals surface area (Å²) < 4.78 is 6.79. The number of hydrogen-bond donors (Lipinski definition) is 9. The molecule has 0 unspecified atom stereocenters. The standard InChI is InChI=1S/C10H12ClN5O4.5C2H4O2/c11-10-14-7(12)4-8(15-10)16(2-13-4)9-6(19)5(18)3(1-17)20-9;5*1-2(3)4/h2-3,5-6,9,17-19H,1H2,(H2,12,14,15);5*1H3,(H,3,4)/t3-,5-,6-,9-;;;;;/m1...../s1. The Hall–Kier alpha value is -4.17. The summed E-state index contributed by atoms with van der Waals surface area (Å²) in [6.07, 6.45) is -2.93. The fraction of sp³-hybridized carbons (Fsp3) is 0.500. The number of imidazole rings is 1. The second kappa shape index (κ2) is 20.7. The maximum absolute atomic E-state index is 9.99. The monoisotopic (exact) mass is 601 g/mol. The molecule has 19 nitrogen and oxygen atoms in total. The van der Waals surface area contributed by atoms with Gasteiger partial charge in [0.05, 0.1) is 12.9 Å². The smallest absolute Gasteiger partial charge is 0.300 e. The van der Waals surface area contributed by atoms with Crippen LogP contribution < -0.4 is 5.73 Å². The molecule has 2 aromatic heterocycles. The van der Waals surface area contributed by atoms with Gasteiger partial charge in [-0.15, -0.1) is 0 Å². The van der Waals surface area contributed by atoms with E-state index in [-0.39, 0.29) is 16.7 Å². The van der Waals surface area contributed by atoms with Crippen molar-refractivity contribution in [3.63, 3.8) is 0 Å². The fourth-order valence-electron chi connectivity index (χ4n) is 2.21. The number of halogens is 1. The maximum Gasteiger partial charge on any atom is 0.300 e. The van der Waals surface area contributed by atoms with E-state index in [0.29, 0.717) is 5.52 Å². The molecule has 0 bridgehead atoms. The lowest BCUT2D eigenvalue weighted by Crippen LogP contribution is -2.33. The third-order valence-electron chi connectivity index (χ3n) is 3.21. The Bertz CT molecular complexity index is 1020. The van der Waals surface area contributed by atoms with E-state index in [2.05, 4.69) is 15.0 Å². The third-order valence-corrected chi connectivity index (χ3v) is 3.38. The van der Waals surface area contributed by atoms with Crippen molar-refractivity contribution in [2.24, 2.45) is 0 Å². The summed E-state index contributed by atoms with van der Waals surface area (Å²) in [5, 5.41) is 65.8. The van der Waals surface area contributed by atoms with Crippen LogP contribution in [0.1, 0.15) is 40.8 Å². The molecule has 0 aromatic carbocycles. The van der Waals surface area contributed by atoms with Gasteiger partial charge in [0.1, 0.15) is 23.8 Å². The molecule has 228 valence electrons. The average molecular weight is 602 g/mol. The van der Waals surface area contributed by atoms with Crippen LogP contribution in [0.4, 0.5) is 5.82 Å². The molecule has 10 N–H and O–H groups in total. The Balaban J connectivity index is -0.000000561. The summed E-state index contributed by atoms with van der Waals surface area (Å²) in [6, 6.07) is 0. The van der Waals surface area contributed by atoms with Crippen LogP contribution in [-0.2, 0) is 28.7 Å². The van der Waals surface area contributed by atoms with Gasteiger partial charge in [0.25, 0.3) is 29.8 Å². The molecule has 0 radical (unpaired) electrons. The van der Waals surface area contributed by atoms with Crippen molar-refractivity contribution in [3.8, 4) is 0 Å². The number of nitrogens with zero attached hydrogens (tertiary/aromatic N) is 4. The molecule has 0 amide bonds. The largest absolute Gasteiger partial charge is 0.481 e. The van der Waals surface area contributed by atoms with E-state index in [1.54, 1.807) is 0 Å². The Morgan fingerprint density at radius 3 is 1.55 bits per heavy atom. The predicted molar refractivity (Wildman–Crippen MR) is 134 cm³/mol. The number of carboxylic acid groups (broad SMARTS) is 5. The number of fused-ring (bicyclic) bond motifs is 1. The highest BCUT2D eigenvalue weighted by molar-refractivity contribution is 6.28. The van der Waals surface area contributed by atoms with Crippen LogP contribution in [0.15, 0.2) is 6.33 Å². The van der Waals surface area contributed by atoms with E-state index < -0.39 is 61.0 Å². The zero-order chi connectivity index (χ0) is 32.3. The van der Waals surface area contributed by atoms with Crippen molar-refractivity contribution in [3.05, 3.63) is 11.6 Å². The number of hydrogen-bond acceptors (Lipinski definition) is 13. The predicted octanol–water partition coefficient (Wildman–Crippen LogP) is -0.872. The first-order valence-corrected chi connectivity index (χ1v) is 10.8. The van der Waals surface area contributed by atoms with E-state index in [9.17, 15) is 10.2 Å². The Labute approximate surface area is 231 Å². The minimum atomic E-state index is -1.24. The van der Waals surface area contributed by atoms with Crippen molar-refractivity contribution < 1.29 is 69.6 Å². The van der Waals surface area contributed by atoms with Crippen molar-refractivity contribution in [1.82, 2.24) is 19.5 Å². The second-order valence-electron chi connectivity index (χ2n) is 7.03. The van der Waals surface area contributed by atoms with Gasteiger partial charge in [0.2, 0.25) is 5.28 Å². The summed E-state index contributed by atoms with van der Waals surface area (Å²) in [5.74, 6) is -4.06. The van der Waals surface area contributed by atoms with Gasteiger partial charge in [-0.25, -0.2) is 4.98 Å². The molecule has 0 saturated carbocycles. The topological polar surface area (TPSA) is 326 Å². The quantitative estimate of drug-likeness (QED) is 0.189. The van der Waals surface area contributed by atoms with Crippen LogP contribution in [0.25, 0.3) is 11.2 Å². The van der Waals surface area contributed by atoms with E-state index in [1.807, 2.05) is 0 Å². The molecule has 1 saturated heterocycles. The van der Waals surface area contributed by atoms with E-state index in [1.165, 1.54) is 10.9 Å². The first-order chi connectivity index (χ1) is 18.2.